The van der Waals surface area contributed by atoms with E-state index in [-0.39, 0.29) is 0 Å². The van der Waals surface area contributed by atoms with Crippen LogP contribution in [0.4, 0.5) is 0 Å². The molecular formula is C13H12N2O3S2. The van der Waals surface area contributed by atoms with E-state index >= 15 is 0 Å². The summed E-state index contributed by atoms with van der Waals surface area (Å²) < 4.78 is 35.2. The van der Waals surface area contributed by atoms with Crippen LogP contribution in [0.2, 0.25) is 0 Å². The van der Waals surface area contributed by atoms with Crippen LogP contribution in [0.1, 0.15) is 5.56 Å². The third-order valence-corrected chi connectivity index (χ3v) is 4.78. The summed E-state index contributed by atoms with van der Waals surface area (Å²) in [5.74, 6) is 0. The van der Waals surface area contributed by atoms with Gasteiger partial charge in [-0.2, -0.15) is 13.7 Å². The van der Waals surface area contributed by atoms with E-state index in [2.05, 4.69) is 6.07 Å². The van der Waals surface area contributed by atoms with Crippen molar-refractivity contribution in [3.63, 3.8) is 0 Å². The molecule has 0 aromatic heterocycles. The summed E-state index contributed by atoms with van der Waals surface area (Å²) in [7, 11) is -4.86. The van der Waals surface area contributed by atoms with E-state index in [0.717, 1.165) is 6.26 Å². The molecule has 104 valence electrons. The van der Waals surface area contributed by atoms with E-state index in [4.69, 9.17) is 8.96 Å². The zero-order chi connectivity index (χ0) is 14.8. The van der Waals surface area contributed by atoms with Gasteiger partial charge in [-0.15, -0.1) is 0 Å². The average Bonchev–Trinajstić information content (AvgIpc) is 2.72. The van der Waals surface area contributed by atoms with E-state index in [1.54, 1.807) is 30.3 Å². The highest BCUT2D eigenvalue weighted by molar-refractivity contribution is 7.92. The average molecular weight is 308 g/mol. The quantitative estimate of drug-likeness (QED) is 0.684. The first-order chi connectivity index (χ1) is 9.42. The van der Waals surface area contributed by atoms with Crippen LogP contribution in [0.5, 0.6) is 0 Å². The van der Waals surface area contributed by atoms with Gasteiger partial charge in [0.25, 0.3) is 10.1 Å². The molecule has 0 saturated carbocycles. The number of allylic oxidation sites excluding steroid dienone is 2. The van der Waals surface area contributed by atoms with Crippen molar-refractivity contribution >= 4 is 26.4 Å². The molecule has 0 saturated heterocycles. The van der Waals surface area contributed by atoms with Crippen molar-refractivity contribution in [2.45, 2.75) is 5.44 Å². The van der Waals surface area contributed by atoms with Crippen molar-refractivity contribution < 1.29 is 12.6 Å². The lowest BCUT2D eigenvalue weighted by Crippen LogP contribution is -2.17. The summed E-state index contributed by atoms with van der Waals surface area (Å²) in [6.45, 7) is 0. The Morgan fingerprint density at radius 3 is 2.60 bits per heavy atom. The van der Waals surface area contributed by atoms with Gasteiger partial charge in [0.05, 0.1) is 11.8 Å². The Bertz CT molecular complexity index is 744. The third kappa shape index (κ3) is 3.22. The maximum atomic E-state index is 11.1. The second kappa shape index (κ2) is 5.71. The normalized spacial score (nSPS) is 24.4. The van der Waals surface area contributed by atoms with Crippen LogP contribution in [0, 0.1) is 16.1 Å². The molecule has 2 rings (SSSR count). The zero-order valence-corrected chi connectivity index (χ0v) is 12.2. The summed E-state index contributed by atoms with van der Waals surface area (Å²) >= 11 is 0. The van der Waals surface area contributed by atoms with E-state index in [1.165, 1.54) is 6.08 Å². The molecule has 1 aliphatic heterocycles. The molecule has 1 heterocycles. The molecule has 20 heavy (non-hydrogen) atoms. The molecule has 1 aliphatic rings. The number of nitrogens with one attached hydrogen (secondary N) is 1. The minimum atomic E-state index is -3.63. The fourth-order valence-electron chi connectivity index (χ4n) is 1.75. The highest BCUT2D eigenvalue weighted by atomic mass is 32.2. The number of hydrogen-bond donors (Lipinski definition) is 1. The first-order valence-corrected chi connectivity index (χ1v) is 8.73. The number of rotatable bonds is 3. The Kier molecular flexibility index (Phi) is 4.18. The van der Waals surface area contributed by atoms with Crippen molar-refractivity contribution in [3.8, 4) is 6.07 Å². The van der Waals surface area contributed by atoms with Gasteiger partial charge >= 0.3 is 0 Å². The minimum absolute atomic E-state index is 0.375. The predicted molar refractivity (Wildman–Crippen MR) is 77.9 cm³/mol. The van der Waals surface area contributed by atoms with Gasteiger partial charge in [-0.25, -0.2) is 0 Å². The molecule has 0 radical (unpaired) electrons. The molecule has 2 atom stereocenters. The largest absolute Gasteiger partial charge is 0.273 e. The van der Waals surface area contributed by atoms with Gasteiger partial charge in [0, 0.05) is 4.91 Å². The Balaban J connectivity index is 2.40. The van der Waals surface area contributed by atoms with E-state index in [9.17, 15) is 13.7 Å². The number of benzene rings is 1. The van der Waals surface area contributed by atoms with Gasteiger partial charge < -0.3 is 0 Å². The molecule has 2 unspecified atom stereocenters. The Labute approximate surface area is 120 Å². The summed E-state index contributed by atoms with van der Waals surface area (Å²) in [5.41, 5.74) is 0.228. The van der Waals surface area contributed by atoms with E-state index < -0.39 is 26.2 Å². The number of nitrogens with zero attached hydrogens (tertiary/aromatic N) is 1. The van der Waals surface area contributed by atoms with Gasteiger partial charge in [-0.05, 0) is 28.4 Å². The third-order valence-electron chi connectivity index (χ3n) is 2.56. The predicted octanol–water partition coefficient (Wildman–Crippen LogP) is 2.17. The molecular weight excluding hydrogens is 296 g/mol. The van der Waals surface area contributed by atoms with Gasteiger partial charge in [0.2, 0.25) is 0 Å². The lowest BCUT2D eigenvalue weighted by Gasteiger charge is -2.11. The van der Waals surface area contributed by atoms with Crippen LogP contribution in [0.3, 0.4) is 0 Å². The maximum Gasteiger partial charge on any atom is 0.265 e. The highest BCUT2D eigenvalue weighted by Crippen LogP contribution is 2.29. The van der Waals surface area contributed by atoms with Gasteiger partial charge in [-0.3, -0.25) is 8.96 Å². The molecule has 7 heteroatoms. The molecule has 0 spiro atoms. The summed E-state index contributed by atoms with van der Waals surface area (Å²) in [4.78, 5) is 0.493. The summed E-state index contributed by atoms with van der Waals surface area (Å²) in [5, 5.41) is 9.30. The lowest BCUT2D eigenvalue weighted by molar-refractivity contribution is 0.335. The first kappa shape index (κ1) is 14.7. The second-order valence-corrected chi connectivity index (χ2v) is 7.26. The fourth-order valence-corrected chi connectivity index (χ4v) is 3.99. The second-order valence-electron chi connectivity index (χ2n) is 4.08. The van der Waals surface area contributed by atoms with Gasteiger partial charge in [0.15, 0.2) is 5.44 Å². The molecule has 1 aromatic carbocycles. The maximum absolute atomic E-state index is 11.1. The zero-order valence-electron chi connectivity index (χ0n) is 10.6. The molecule has 0 fully saturated rings. The SMILES string of the molecule is CS(=O)(=O)OC1C=CC(=C(C#N)c2ccccc2)S1=N. The molecule has 1 aromatic rings. The lowest BCUT2D eigenvalue weighted by atomic mass is 10.1. The monoisotopic (exact) mass is 308 g/mol. The fraction of sp³-hybridized carbons (Fsp3) is 0.154. The molecule has 5 nitrogen and oxygen atoms in total. The summed E-state index contributed by atoms with van der Waals surface area (Å²) in [6, 6.07) is 11.1. The Morgan fingerprint density at radius 2 is 2.05 bits per heavy atom. The van der Waals surface area contributed by atoms with Crippen molar-refractivity contribution in [1.82, 2.24) is 0 Å². The van der Waals surface area contributed by atoms with E-state index in [1.807, 2.05) is 6.07 Å². The standard InChI is InChI=1S/C13H12N2O3S2/c1-20(16,17)18-13-8-7-12(19(13)15)11(9-14)10-5-3-2-4-6-10/h2-8,13,15H,1H3. The molecule has 0 amide bonds. The van der Waals surface area contributed by atoms with Crippen LogP contribution in [-0.2, 0) is 25.0 Å². The van der Waals surface area contributed by atoms with Gasteiger partial charge in [0.1, 0.15) is 6.07 Å². The minimum Gasteiger partial charge on any atom is -0.273 e. The van der Waals surface area contributed by atoms with Crippen LogP contribution < -0.4 is 0 Å². The summed E-state index contributed by atoms with van der Waals surface area (Å²) in [6.07, 6.45) is 4.05. The van der Waals surface area contributed by atoms with Crippen LogP contribution in [0.25, 0.3) is 5.57 Å². The smallest absolute Gasteiger partial charge is 0.265 e. The number of hydrogen-bond acceptors (Lipinski definition) is 5. The van der Waals surface area contributed by atoms with Crippen LogP contribution in [-0.4, -0.2) is 20.1 Å². The Hall–Kier alpha value is -1.75. The number of nitriles is 1. The van der Waals surface area contributed by atoms with Crippen molar-refractivity contribution in [1.29, 1.82) is 10.0 Å². The van der Waals surface area contributed by atoms with Crippen LogP contribution in [0.15, 0.2) is 47.4 Å². The van der Waals surface area contributed by atoms with Gasteiger partial charge in [-0.1, -0.05) is 30.3 Å². The van der Waals surface area contributed by atoms with Crippen molar-refractivity contribution in [3.05, 3.63) is 53.0 Å². The topological polar surface area (TPSA) is 91.0 Å². The molecule has 0 bridgehead atoms. The van der Waals surface area contributed by atoms with Crippen molar-refractivity contribution in [2.24, 2.45) is 0 Å². The highest BCUT2D eigenvalue weighted by Gasteiger charge is 2.26. The first-order valence-electron chi connectivity index (χ1n) is 5.63. The molecule has 1 N–H and O–H groups in total. The molecule has 0 aliphatic carbocycles. The Morgan fingerprint density at radius 1 is 1.40 bits per heavy atom. The van der Waals surface area contributed by atoms with Crippen LogP contribution >= 0.6 is 0 Å². The van der Waals surface area contributed by atoms with Crippen molar-refractivity contribution in [2.75, 3.05) is 6.26 Å². The van der Waals surface area contributed by atoms with E-state index in [0.29, 0.717) is 16.0 Å².